The van der Waals surface area contributed by atoms with Gasteiger partial charge in [0.05, 0.1) is 11.0 Å². The maximum absolute atomic E-state index is 13.3. The van der Waals surface area contributed by atoms with Gasteiger partial charge in [0, 0.05) is 30.0 Å². The lowest BCUT2D eigenvalue weighted by molar-refractivity contribution is -0.129. The topological polar surface area (TPSA) is 99.3 Å². The third-order valence-electron chi connectivity index (χ3n) is 7.86. The fraction of sp³-hybridized carbons (Fsp3) is 0.462. The average molecular weight is 447 g/mol. The molecule has 3 saturated carbocycles. The zero-order chi connectivity index (χ0) is 23.4. The highest BCUT2D eigenvalue weighted by Crippen LogP contribution is 2.62. The van der Waals surface area contributed by atoms with Crippen molar-refractivity contribution in [3.8, 4) is 0 Å². The molecular formula is C26H30N4O3. The van der Waals surface area contributed by atoms with E-state index in [9.17, 15) is 14.7 Å². The predicted octanol–water partition coefficient (Wildman–Crippen LogP) is 4.13. The van der Waals surface area contributed by atoms with E-state index in [4.69, 9.17) is 5.41 Å². The lowest BCUT2D eigenvalue weighted by Crippen LogP contribution is -2.49. The van der Waals surface area contributed by atoms with Crippen LogP contribution in [0, 0.1) is 17.2 Å². The van der Waals surface area contributed by atoms with E-state index in [-0.39, 0.29) is 11.7 Å². The first kappa shape index (κ1) is 21.6. The number of likely N-dealkylation sites (tertiary alicyclic amines) is 1. The van der Waals surface area contributed by atoms with Crippen molar-refractivity contribution < 1.29 is 9.90 Å². The van der Waals surface area contributed by atoms with Gasteiger partial charge in [0.1, 0.15) is 0 Å². The molecule has 172 valence electrons. The van der Waals surface area contributed by atoms with Gasteiger partial charge >= 0.3 is 5.97 Å². The summed E-state index contributed by atoms with van der Waals surface area (Å²) in [5.41, 5.74) is 2.48. The zero-order valence-corrected chi connectivity index (χ0v) is 19.1. The Bertz CT molecular complexity index is 1250. The van der Waals surface area contributed by atoms with Crippen molar-refractivity contribution in [1.29, 1.82) is 5.41 Å². The number of piperidine rings is 1. The molecule has 2 N–H and O–H groups in total. The number of aliphatic carboxylic acids is 1. The molecule has 33 heavy (non-hydrogen) atoms. The highest BCUT2D eigenvalue weighted by molar-refractivity contribution is 6.40. The summed E-state index contributed by atoms with van der Waals surface area (Å²) < 4.78 is 1.64. The number of nitrogens with zero attached hydrogens (tertiary/aromatic N) is 3. The van der Waals surface area contributed by atoms with Gasteiger partial charge in [-0.25, -0.2) is 9.78 Å². The third kappa shape index (κ3) is 3.41. The molecule has 7 heteroatoms. The number of nitrogens with one attached hydrogen (secondary N) is 1. The minimum Gasteiger partial charge on any atom is -0.476 e. The maximum Gasteiger partial charge on any atom is 0.356 e. The Morgan fingerprint density at radius 2 is 2.06 bits per heavy atom. The van der Waals surface area contributed by atoms with Crippen LogP contribution in [0.3, 0.4) is 0 Å². The van der Waals surface area contributed by atoms with Crippen LogP contribution in [0.5, 0.6) is 0 Å². The predicted molar refractivity (Wildman–Crippen MR) is 128 cm³/mol. The Balaban J connectivity index is 1.49. The molecule has 7 nitrogen and oxygen atoms in total. The monoisotopic (exact) mass is 446 g/mol. The number of benzene rings is 1. The van der Waals surface area contributed by atoms with E-state index in [1.54, 1.807) is 16.7 Å². The normalized spacial score (nSPS) is 27.0. The van der Waals surface area contributed by atoms with Gasteiger partial charge in [-0.2, -0.15) is 0 Å². The third-order valence-corrected chi connectivity index (χ3v) is 7.86. The maximum atomic E-state index is 13.3. The van der Waals surface area contributed by atoms with Crippen LogP contribution in [-0.2, 0) is 4.79 Å². The Hall–Kier alpha value is -3.22. The number of allylic oxidation sites excluding steroid dienone is 2. The van der Waals surface area contributed by atoms with Gasteiger partial charge in [-0.05, 0) is 69.9 Å². The van der Waals surface area contributed by atoms with Crippen LogP contribution in [0.15, 0.2) is 53.0 Å². The molecule has 3 aliphatic carbocycles. The number of carbonyl (C=O) groups is 1. The zero-order valence-electron chi connectivity index (χ0n) is 19.1. The SMILES string of the molecule is C=C1C2CC1C2=CN1[C@H](C[C@H](C)n2c(=O)c(C(=N)C(=O)O)nc3ccccc32)CCC[C@@H]1C. The number of carboxylic acids is 1. The summed E-state index contributed by atoms with van der Waals surface area (Å²) in [7, 11) is 0. The lowest BCUT2D eigenvalue weighted by Gasteiger charge is -2.57. The van der Waals surface area contributed by atoms with E-state index in [0.717, 1.165) is 25.7 Å². The Labute approximate surface area is 192 Å². The van der Waals surface area contributed by atoms with Gasteiger partial charge in [-0.15, -0.1) is 0 Å². The molecule has 1 aliphatic heterocycles. The molecule has 0 amide bonds. The molecule has 0 radical (unpaired) electrons. The average Bonchev–Trinajstić information content (AvgIpc) is 2.76. The van der Waals surface area contributed by atoms with Gasteiger partial charge in [0.25, 0.3) is 5.56 Å². The van der Waals surface area contributed by atoms with Crippen molar-refractivity contribution in [3.63, 3.8) is 0 Å². The fourth-order valence-corrected chi connectivity index (χ4v) is 5.79. The minimum atomic E-state index is -1.45. The van der Waals surface area contributed by atoms with Crippen molar-refractivity contribution >= 4 is 22.7 Å². The van der Waals surface area contributed by atoms with Gasteiger partial charge in [0.2, 0.25) is 0 Å². The van der Waals surface area contributed by atoms with E-state index in [0.29, 0.717) is 35.0 Å². The van der Waals surface area contributed by atoms with E-state index in [1.165, 1.54) is 17.6 Å². The summed E-state index contributed by atoms with van der Waals surface area (Å²) in [5, 5.41) is 17.2. The second-order valence-corrected chi connectivity index (χ2v) is 9.82. The number of rotatable bonds is 6. The lowest BCUT2D eigenvalue weighted by atomic mass is 9.49. The first-order valence-electron chi connectivity index (χ1n) is 11.8. The van der Waals surface area contributed by atoms with Crippen LogP contribution >= 0.6 is 0 Å². The standard InChI is InChI=1S/C26H30N4O3/c1-14-7-6-8-17(29(14)13-20-18-12-19(20)16(18)3)11-15(2)30-22-10-5-4-9-21(22)28-24(25(30)31)23(27)26(32)33/h4-5,9-10,13-15,17-19,27H,3,6-8,11-12H2,1-2H3,(H,32,33)/t14-,15-,17-,18?,19?/m0/s1. The van der Waals surface area contributed by atoms with E-state index >= 15 is 0 Å². The molecule has 5 atom stereocenters. The summed E-state index contributed by atoms with van der Waals surface area (Å²) in [4.78, 5) is 31.5. The number of carboxylic acid groups (broad SMARTS) is 1. The first-order chi connectivity index (χ1) is 15.8. The number of aromatic nitrogens is 2. The Morgan fingerprint density at radius 3 is 2.73 bits per heavy atom. The summed E-state index contributed by atoms with van der Waals surface area (Å²) in [6.45, 7) is 8.45. The molecule has 2 bridgehead atoms. The van der Waals surface area contributed by atoms with Gasteiger partial charge < -0.3 is 14.6 Å². The van der Waals surface area contributed by atoms with E-state index in [2.05, 4.69) is 29.6 Å². The van der Waals surface area contributed by atoms with Crippen LogP contribution in [-0.4, -0.2) is 43.3 Å². The molecule has 1 aromatic carbocycles. The summed E-state index contributed by atoms with van der Waals surface area (Å²) in [5.74, 6) is -0.314. The first-order valence-corrected chi connectivity index (χ1v) is 11.8. The molecule has 4 fully saturated rings. The Morgan fingerprint density at radius 1 is 1.33 bits per heavy atom. The molecule has 6 rings (SSSR count). The molecule has 1 aromatic heterocycles. The van der Waals surface area contributed by atoms with Gasteiger partial charge in [0.15, 0.2) is 11.4 Å². The molecule has 0 spiro atoms. The molecule has 2 aromatic rings. The van der Waals surface area contributed by atoms with Gasteiger partial charge in [-0.1, -0.05) is 24.3 Å². The highest BCUT2D eigenvalue weighted by atomic mass is 16.4. The largest absolute Gasteiger partial charge is 0.476 e. The van der Waals surface area contributed by atoms with Gasteiger partial charge in [-0.3, -0.25) is 10.2 Å². The van der Waals surface area contributed by atoms with Crippen LogP contribution in [0.4, 0.5) is 0 Å². The van der Waals surface area contributed by atoms with Crippen LogP contribution in [0.2, 0.25) is 0 Å². The second-order valence-electron chi connectivity index (χ2n) is 9.82. The van der Waals surface area contributed by atoms with Crippen molar-refractivity contribution in [2.75, 3.05) is 0 Å². The van der Waals surface area contributed by atoms with Crippen molar-refractivity contribution in [1.82, 2.24) is 14.5 Å². The van der Waals surface area contributed by atoms with Crippen molar-refractivity contribution in [2.45, 2.75) is 64.1 Å². The number of para-hydroxylation sites is 2. The van der Waals surface area contributed by atoms with Crippen molar-refractivity contribution in [2.24, 2.45) is 11.8 Å². The number of fused-ring (bicyclic) bond motifs is 1. The second kappa shape index (κ2) is 7.97. The molecule has 2 heterocycles. The molecule has 2 unspecified atom stereocenters. The van der Waals surface area contributed by atoms with E-state index in [1.807, 2.05) is 19.1 Å². The summed E-state index contributed by atoms with van der Waals surface area (Å²) >= 11 is 0. The Kier molecular flexibility index (Phi) is 5.22. The molecule has 4 aliphatic rings. The molecular weight excluding hydrogens is 416 g/mol. The van der Waals surface area contributed by atoms with Crippen LogP contribution in [0.25, 0.3) is 11.0 Å². The quantitative estimate of drug-likeness (QED) is 0.513. The summed E-state index contributed by atoms with van der Waals surface area (Å²) in [6.07, 6.45) is 7.74. The van der Waals surface area contributed by atoms with E-state index < -0.39 is 17.2 Å². The highest BCUT2D eigenvalue weighted by Gasteiger charge is 2.52. The molecule has 1 saturated heterocycles. The summed E-state index contributed by atoms with van der Waals surface area (Å²) in [6, 6.07) is 7.82. The van der Waals surface area contributed by atoms with Crippen LogP contribution < -0.4 is 5.56 Å². The number of hydrogen-bond donors (Lipinski definition) is 2. The number of hydrogen-bond acceptors (Lipinski definition) is 5. The smallest absolute Gasteiger partial charge is 0.356 e. The van der Waals surface area contributed by atoms with Crippen LogP contribution in [0.1, 0.15) is 57.7 Å². The minimum absolute atomic E-state index is 0.173. The van der Waals surface area contributed by atoms with Crippen molar-refractivity contribution in [3.05, 3.63) is 64.2 Å². The fourth-order valence-electron chi connectivity index (χ4n) is 5.79.